The topological polar surface area (TPSA) is 89.1 Å². The largest absolute Gasteiger partial charge is 0.458 e. The lowest BCUT2D eigenvalue weighted by Gasteiger charge is -2.10. The highest BCUT2D eigenvalue weighted by molar-refractivity contribution is 8.13. The average Bonchev–Trinajstić information content (AvgIpc) is 2.85. The van der Waals surface area contributed by atoms with Crippen LogP contribution in [0.5, 0.6) is 0 Å². The van der Waals surface area contributed by atoms with Crippen LogP contribution in [0.1, 0.15) is 41.9 Å². The smallest absolute Gasteiger partial charge is 0.360 e. The number of ether oxygens (including phenoxy) is 1. The van der Waals surface area contributed by atoms with E-state index in [4.69, 9.17) is 15.4 Å². The zero-order valence-corrected chi connectivity index (χ0v) is 11.3. The first-order valence-corrected chi connectivity index (χ1v) is 7.91. The van der Waals surface area contributed by atoms with Gasteiger partial charge in [0.25, 0.3) is 9.05 Å². The van der Waals surface area contributed by atoms with Gasteiger partial charge in [-0.05, 0) is 32.6 Å². The lowest BCUT2D eigenvalue weighted by atomic mass is 10.3. The minimum atomic E-state index is -4.02. The van der Waals surface area contributed by atoms with Gasteiger partial charge in [0, 0.05) is 10.7 Å². The highest BCUT2D eigenvalue weighted by Crippen LogP contribution is 2.25. The zero-order chi connectivity index (χ0) is 13.3. The van der Waals surface area contributed by atoms with E-state index in [1.165, 1.54) is 6.92 Å². The Morgan fingerprint density at radius 2 is 2.06 bits per heavy atom. The minimum Gasteiger partial charge on any atom is -0.458 e. The Morgan fingerprint density at radius 1 is 1.44 bits per heavy atom. The standard InChI is InChI=1S/C10H13ClN2O4S/c1-6-9(18(11,15)16)8(13-12-6)10(14)17-7-4-2-3-5-7/h7H,2-5H2,1H3,(H,12,13). The van der Waals surface area contributed by atoms with Gasteiger partial charge in [0.15, 0.2) is 5.69 Å². The maximum absolute atomic E-state index is 11.9. The van der Waals surface area contributed by atoms with Crippen molar-refractivity contribution in [2.75, 3.05) is 0 Å². The molecule has 100 valence electrons. The summed E-state index contributed by atoms with van der Waals surface area (Å²) >= 11 is 0. The van der Waals surface area contributed by atoms with Gasteiger partial charge in [-0.15, -0.1) is 0 Å². The summed E-state index contributed by atoms with van der Waals surface area (Å²) in [6.45, 7) is 1.48. The van der Waals surface area contributed by atoms with Gasteiger partial charge in [-0.2, -0.15) is 5.10 Å². The summed E-state index contributed by atoms with van der Waals surface area (Å²) in [5.74, 6) is -0.745. The van der Waals surface area contributed by atoms with Crippen molar-refractivity contribution in [1.82, 2.24) is 10.2 Å². The summed E-state index contributed by atoms with van der Waals surface area (Å²) in [5, 5.41) is 6.10. The quantitative estimate of drug-likeness (QED) is 0.677. The Labute approximate surface area is 109 Å². The van der Waals surface area contributed by atoms with Crippen LogP contribution in [0, 0.1) is 6.92 Å². The average molecular weight is 293 g/mol. The first kappa shape index (κ1) is 13.4. The van der Waals surface area contributed by atoms with Crippen molar-refractivity contribution < 1.29 is 17.9 Å². The predicted molar refractivity (Wildman–Crippen MR) is 64.0 cm³/mol. The van der Waals surface area contributed by atoms with Crippen LogP contribution in [-0.4, -0.2) is 30.7 Å². The van der Waals surface area contributed by atoms with Crippen LogP contribution in [0.2, 0.25) is 0 Å². The maximum Gasteiger partial charge on any atom is 0.360 e. The van der Waals surface area contributed by atoms with Crippen molar-refractivity contribution in [3.63, 3.8) is 0 Å². The number of esters is 1. The van der Waals surface area contributed by atoms with Gasteiger partial charge >= 0.3 is 5.97 Å². The molecule has 1 aliphatic rings. The number of halogens is 1. The van der Waals surface area contributed by atoms with Gasteiger partial charge in [-0.25, -0.2) is 13.2 Å². The van der Waals surface area contributed by atoms with Gasteiger partial charge in [0.2, 0.25) is 0 Å². The van der Waals surface area contributed by atoms with Crippen molar-refractivity contribution in [3.05, 3.63) is 11.4 Å². The van der Waals surface area contributed by atoms with Gasteiger partial charge in [-0.3, -0.25) is 5.10 Å². The third-order valence-electron chi connectivity index (χ3n) is 2.90. The molecule has 0 bridgehead atoms. The van der Waals surface area contributed by atoms with Crippen molar-refractivity contribution >= 4 is 25.7 Å². The molecule has 6 nitrogen and oxygen atoms in total. The fourth-order valence-corrected chi connectivity index (χ4v) is 3.41. The second-order valence-corrected chi connectivity index (χ2v) is 6.78. The van der Waals surface area contributed by atoms with Crippen molar-refractivity contribution in [1.29, 1.82) is 0 Å². The van der Waals surface area contributed by atoms with E-state index in [0.29, 0.717) is 0 Å². The van der Waals surface area contributed by atoms with E-state index >= 15 is 0 Å². The lowest BCUT2D eigenvalue weighted by Crippen LogP contribution is -2.17. The van der Waals surface area contributed by atoms with E-state index in [2.05, 4.69) is 10.2 Å². The summed E-state index contributed by atoms with van der Waals surface area (Å²) in [5.41, 5.74) is -0.0437. The van der Waals surface area contributed by atoms with Crippen molar-refractivity contribution in [3.8, 4) is 0 Å². The number of aryl methyl sites for hydroxylation is 1. The fourth-order valence-electron chi connectivity index (χ4n) is 2.07. The normalized spacial score (nSPS) is 17.0. The van der Waals surface area contributed by atoms with Gasteiger partial charge < -0.3 is 4.74 Å². The van der Waals surface area contributed by atoms with E-state index in [0.717, 1.165) is 25.7 Å². The Hall–Kier alpha value is -1.08. The summed E-state index contributed by atoms with van der Waals surface area (Å²) in [7, 11) is 1.25. The first-order chi connectivity index (χ1) is 8.39. The van der Waals surface area contributed by atoms with Crippen LogP contribution in [0.25, 0.3) is 0 Å². The molecule has 18 heavy (non-hydrogen) atoms. The van der Waals surface area contributed by atoms with Gasteiger partial charge in [-0.1, -0.05) is 0 Å². The Morgan fingerprint density at radius 3 is 2.61 bits per heavy atom. The Kier molecular flexibility index (Phi) is 3.63. The molecule has 0 amide bonds. The van der Waals surface area contributed by atoms with Crippen LogP contribution in [-0.2, 0) is 13.8 Å². The van der Waals surface area contributed by atoms with Crippen LogP contribution >= 0.6 is 10.7 Å². The van der Waals surface area contributed by atoms with Crippen LogP contribution in [0.15, 0.2) is 4.90 Å². The van der Waals surface area contributed by atoms with E-state index in [9.17, 15) is 13.2 Å². The summed E-state index contributed by atoms with van der Waals surface area (Å²) in [6.07, 6.45) is 3.48. The van der Waals surface area contributed by atoms with E-state index in [1.54, 1.807) is 0 Å². The molecule has 0 aromatic carbocycles. The summed E-state index contributed by atoms with van der Waals surface area (Å²) in [4.78, 5) is 11.6. The van der Waals surface area contributed by atoms with E-state index in [-0.39, 0.29) is 22.4 Å². The van der Waals surface area contributed by atoms with Crippen LogP contribution < -0.4 is 0 Å². The zero-order valence-electron chi connectivity index (χ0n) is 9.77. The Bertz CT molecular complexity index is 560. The fraction of sp³-hybridized carbons (Fsp3) is 0.600. The monoisotopic (exact) mass is 292 g/mol. The number of H-pyrrole nitrogens is 1. The molecule has 1 aromatic rings. The molecular weight excluding hydrogens is 280 g/mol. The number of carbonyl (C=O) groups is 1. The van der Waals surface area contributed by atoms with Crippen LogP contribution in [0.4, 0.5) is 0 Å². The number of nitrogens with zero attached hydrogens (tertiary/aromatic N) is 1. The second kappa shape index (κ2) is 4.89. The molecule has 0 radical (unpaired) electrons. The minimum absolute atomic E-state index is 0.152. The molecule has 1 aliphatic carbocycles. The SMILES string of the molecule is Cc1[nH]nc(C(=O)OC2CCCC2)c1S(=O)(=O)Cl. The molecule has 1 fully saturated rings. The van der Waals surface area contributed by atoms with Crippen molar-refractivity contribution in [2.24, 2.45) is 0 Å². The van der Waals surface area contributed by atoms with Gasteiger partial charge in [0.1, 0.15) is 11.0 Å². The number of carbonyl (C=O) groups excluding carboxylic acids is 1. The molecule has 0 atom stereocenters. The molecule has 0 aliphatic heterocycles. The third-order valence-corrected chi connectivity index (χ3v) is 4.35. The number of aromatic nitrogens is 2. The summed E-state index contributed by atoms with van der Waals surface area (Å²) in [6, 6.07) is 0. The molecule has 0 unspecified atom stereocenters. The van der Waals surface area contributed by atoms with Crippen LogP contribution in [0.3, 0.4) is 0 Å². The molecule has 0 spiro atoms. The Balaban J connectivity index is 2.25. The number of aromatic amines is 1. The molecule has 1 saturated carbocycles. The number of hydrogen-bond acceptors (Lipinski definition) is 5. The molecule has 1 aromatic heterocycles. The molecule has 1 heterocycles. The van der Waals surface area contributed by atoms with E-state index < -0.39 is 15.0 Å². The van der Waals surface area contributed by atoms with Crippen molar-refractivity contribution in [2.45, 2.75) is 43.6 Å². The lowest BCUT2D eigenvalue weighted by molar-refractivity contribution is 0.0306. The second-order valence-electron chi connectivity index (χ2n) is 4.28. The molecule has 0 saturated heterocycles. The summed E-state index contributed by atoms with van der Waals surface area (Å²) < 4.78 is 28.0. The molecule has 8 heteroatoms. The first-order valence-electron chi connectivity index (χ1n) is 5.60. The van der Waals surface area contributed by atoms with E-state index in [1.807, 2.05) is 0 Å². The maximum atomic E-state index is 11.9. The van der Waals surface area contributed by atoms with Gasteiger partial charge in [0.05, 0.1) is 5.69 Å². The predicted octanol–water partition coefficient (Wildman–Crippen LogP) is 1.75. The highest BCUT2D eigenvalue weighted by atomic mass is 35.7. The molecular formula is C10H13ClN2O4S. The third kappa shape index (κ3) is 2.67. The molecule has 1 N–H and O–H groups in total. The number of rotatable bonds is 3. The number of nitrogens with one attached hydrogen (secondary N) is 1. The number of hydrogen-bond donors (Lipinski definition) is 1. The molecule has 2 rings (SSSR count). The highest BCUT2D eigenvalue weighted by Gasteiger charge is 2.30.